The first-order valence-electron chi connectivity index (χ1n) is 8.28. The van der Waals surface area contributed by atoms with Gasteiger partial charge in [-0.2, -0.15) is 0 Å². The van der Waals surface area contributed by atoms with Gasteiger partial charge in [-0.15, -0.1) is 47.0 Å². The Morgan fingerprint density at radius 1 is 0.643 bits per heavy atom. The predicted molar refractivity (Wildman–Crippen MR) is 163 cm³/mol. The highest BCUT2D eigenvalue weighted by molar-refractivity contribution is 14.1. The zero-order valence-electron chi connectivity index (χ0n) is 15.5. The third-order valence-corrected chi connectivity index (χ3v) is 15.1. The van der Waals surface area contributed by atoms with Crippen LogP contribution in [-0.2, 0) is 9.47 Å². The van der Waals surface area contributed by atoms with Gasteiger partial charge >= 0.3 is 0 Å². The molecule has 2 heterocycles. The summed E-state index contributed by atoms with van der Waals surface area (Å²) < 4.78 is 22.0. The first kappa shape index (κ1) is 27.6. The molecule has 0 aromatic carbocycles. The Balaban J connectivity index is 1.87. The summed E-state index contributed by atoms with van der Waals surface area (Å²) in [7, 11) is 0. The van der Waals surface area contributed by atoms with Crippen molar-refractivity contribution < 1.29 is 9.47 Å². The second kappa shape index (κ2) is 16.9. The van der Waals surface area contributed by atoms with Crippen LogP contribution in [-0.4, -0.2) is 59.3 Å². The van der Waals surface area contributed by atoms with Crippen molar-refractivity contribution in [3.63, 3.8) is 0 Å². The van der Waals surface area contributed by atoms with E-state index in [4.69, 9.17) is 9.47 Å². The quantitative estimate of drug-likeness (QED) is 0.0974. The normalized spacial score (nSPS) is 20.1. The molecule has 0 N–H and O–H groups in total. The Morgan fingerprint density at radius 3 is 1.39 bits per heavy atom. The number of rotatable bonds is 14. The molecule has 2 nitrogen and oxygen atoms in total. The molecule has 0 fully saturated rings. The van der Waals surface area contributed by atoms with Crippen LogP contribution in [0.25, 0.3) is 0 Å². The summed E-state index contributed by atoms with van der Waals surface area (Å²) in [4.78, 5) is 0. The number of hydrogen-bond acceptors (Lipinski definition) is 10. The fourth-order valence-corrected chi connectivity index (χ4v) is 13.5. The molecule has 2 rings (SSSR count). The van der Waals surface area contributed by atoms with Gasteiger partial charge in [0.1, 0.15) is 0 Å². The topological polar surface area (TPSA) is 18.5 Å². The molecule has 0 bridgehead atoms. The number of ether oxygens (including phenoxy) is 2. The summed E-state index contributed by atoms with van der Waals surface area (Å²) in [5, 5.41) is 0. The lowest BCUT2D eigenvalue weighted by molar-refractivity contribution is 0.169. The van der Waals surface area contributed by atoms with E-state index < -0.39 is 0 Å². The third-order valence-electron chi connectivity index (χ3n) is 2.98. The molecule has 28 heavy (non-hydrogen) atoms. The average molecular weight is 757 g/mol. The fraction of sp³-hybridized carbons (Fsp3) is 0.625. The zero-order chi connectivity index (χ0) is 20.2. The van der Waals surface area contributed by atoms with Crippen LogP contribution < -0.4 is 0 Å². The summed E-state index contributed by atoms with van der Waals surface area (Å²) in [6.07, 6.45) is 4.36. The second-order valence-electron chi connectivity index (χ2n) is 4.84. The predicted octanol–water partition coefficient (Wildman–Crippen LogP) is 8.42. The lowest BCUT2D eigenvalue weighted by Gasteiger charge is -2.04. The number of halogens is 2. The van der Waals surface area contributed by atoms with Crippen LogP contribution in [0.15, 0.2) is 25.4 Å². The fourth-order valence-electron chi connectivity index (χ4n) is 1.84. The third kappa shape index (κ3) is 9.72. The maximum absolute atomic E-state index is 5.63. The summed E-state index contributed by atoms with van der Waals surface area (Å²) in [5.41, 5.74) is 0. The Morgan fingerprint density at radius 2 is 1.04 bits per heavy atom. The minimum Gasteiger partial charge on any atom is -0.380 e. The van der Waals surface area contributed by atoms with Crippen molar-refractivity contribution >= 4 is 139 Å². The standard InChI is InChI=1S/C16H22I2O2S8/c1-21-11-13(23-9-7-19-5-3-17)27-15(25-11)16-26-12(22-2)14(28-16)24-10-8-20-6-4-18/h3-10H2,1-2H3/b16-15+. The first-order chi connectivity index (χ1) is 13.7. The smallest absolute Gasteiger partial charge is 0.0717 e. The van der Waals surface area contributed by atoms with Crippen LogP contribution in [0.5, 0.6) is 0 Å². The molecule has 0 atom stereocenters. The highest BCUT2D eigenvalue weighted by atomic mass is 127. The Labute approximate surface area is 230 Å². The van der Waals surface area contributed by atoms with Crippen LogP contribution >= 0.6 is 139 Å². The van der Waals surface area contributed by atoms with Crippen LogP contribution in [0.3, 0.4) is 0 Å². The molecule has 2 aliphatic heterocycles. The molecule has 0 saturated carbocycles. The van der Waals surface area contributed by atoms with Gasteiger partial charge in [-0.05, 0) is 12.5 Å². The van der Waals surface area contributed by atoms with Gasteiger partial charge in [-0.1, -0.05) is 92.2 Å². The largest absolute Gasteiger partial charge is 0.380 e. The summed E-state index contributed by atoms with van der Waals surface area (Å²) in [5.74, 6) is 2.05. The molecule has 160 valence electrons. The molecule has 0 amide bonds. The van der Waals surface area contributed by atoms with E-state index in [0.717, 1.165) is 46.8 Å². The van der Waals surface area contributed by atoms with Crippen LogP contribution in [0.1, 0.15) is 0 Å². The maximum atomic E-state index is 5.63. The zero-order valence-corrected chi connectivity index (χ0v) is 26.3. The lowest BCUT2D eigenvalue weighted by Crippen LogP contribution is -1.99. The second-order valence-corrected chi connectivity index (χ2v) is 16.5. The van der Waals surface area contributed by atoms with Crippen LogP contribution in [0, 0.1) is 0 Å². The highest BCUT2D eigenvalue weighted by Gasteiger charge is 2.30. The molecule has 0 aromatic heterocycles. The van der Waals surface area contributed by atoms with E-state index in [1.54, 1.807) is 0 Å². The van der Waals surface area contributed by atoms with Crippen molar-refractivity contribution in [2.45, 2.75) is 0 Å². The van der Waals surface area contributed by atoms with Crippen LogP contribution in [0.4, 0.5) is 0 Å². The highest BCUT2D eigenvalue weighted by Crippen LogP contribution is 2.65. The van der Waals surface area contributed by atoms with Crippen molar-refractivity contribution in [3.05, 3.63) is 25.4 Å². The molecule has 0 aliphatic carbocycles. The van der Waals surface area contributed by atoms with Gasteiger partial charge in [-0.25, -0.2) is 0 Å². The van der Waals surface area contributed by atoms with Gasteiger partial charge in [0, 0.05) is 20.4 Å². The Kier molecular flexibility index (Phi) is 16.7. The van der Waals surface area contributed by atoms with Gasteiger partial charge in [0.25, 0.3) is 0 Å². The molecule has 2 aliphatic rings. The van der Waals surface area contributed by atoms with E-state index in [-0.39, 0.29) is 0 Å². The van der Waals surface area contributed by atoms with Crippen molar-refractivity contribution in [1.29, 1.82) is 0 Å². The van der Waals surface area contributed by atoms with E-state index in [1.807, 2.05) is 94.1 Å². The van der Waals surface area contributed by atoms with Gasteiger partial charge in [0.2, 0.25) is 0 Å². The number of alkyl halides is 2. The number of thioether (sulfide) groups is 8. The minimum atomic E-state index is 0.831. The van der Waals surface area contributed by atoms with Gasteiger partial charge in [0.05, 0.1) is 51.9 Å². The molecule has 0 spiro atoms. The van der Waals surface area contributed by atoms with E-state index in [1.165, 1.54) is 25.4 Å². The van der Waals surface area contributed by atoms with Crippen LogP contribution in [0.2, 0.25) is 0 Å². The average Bonchev–Trinajstić information content (AvgIpc) is 3.31. The number of hydrogen-bond donors (Lipinski definition) is 0. The molecule has 0 radical (unpaired) electrons. The molecule has 0 saturated heterocycles. The van der Waals surface area contributed by atoms with E-state index >= 15 is 0 Å². The first-order valence-corrected chi connectivity index (χ1v) is 19.0. The van der Waals surface area contributed by atoms with Gasteiger partial charge in [-0.3, -0.25) is 0 Å². The Hall–Kier alpha value is 3.40. The molecule has 0 aromatic rings. The maximum Gasteiger partial charge on any atom is 0.0717 e. The minimum absolute atomic E-state index is 0.831. The van der Waals surface area contributed by atoms with Crippen molar-refractivity contribution in [2.75, 3.05) is 59.3 Å². The van der Waals surface area contributed by atoms with E-state index in [0.29, 0.717) is 0 Å². The van der Waals surface area contributed by atoms with Gasteiger partial charge < -0.3 is 9.47 Å². The van der Waals surface area contributed by atoms with E-state index in [9.17, 15) is 0 Å². The monoisotopic (exact) mass is 756 g/mol. The van der Waals surface area contributed by atoms with Crippen molar-refractivity contribution in [3.8, 4) is 0 Å². The van der Waals surface area contributed by atoms with Crippen molar-refractivity contribution in [2.24, 2.45) is 0 Å². The van der Waals surface area contributed by atoms with E-state index in [2.05, 4.69) is 57.7 Å². The lowest BCUT2D eigenvalue weighted by atomic mass is 10.8. The van der Waals surface area contributed by atoms with Crippen molar-refractivity contribution in [1.82, 2.24) is 0 Å². The SMILES string of the molecule is CSC1=C(SCCOCCI)S/C(=C2\SC(SC)=C(SCCOCCI)S2)S1. The molecule has 12 heteroatoms. The molecular formula is C16H22I2O2S8. The summed E-state index contributed by atoms with van der Waals surface area (Å²) >= 11 is 20.1. The molecule has 0 unspecified atom stereocenters. The Bertz CT molecular complexity index is 547. The summed E-state index contributed by atoms with van der Waals surface area (Å²) in [6.45, 7) is 3.37. The van der Waals surface area contributed by atoms with Gasteiger partial charge in [0.15, 0.2) is 0 Å². The summed E-state index contributed by atoms with van der Waals surface area (Å²) in [6, 6.07) is 0. The molecular weight excluding hydrogens is 735 g/mol.